The van der Waals surface area contributed by atoms with Gasteiger partial charge >= 0.3 is 0 Å². The molecule has 2 aliphatic rings. The van der Waals surface area contributed by atoms with Gasteiger partial charge in [0.25, 0.3) is 0 Å². The Morgan fingerprint density at radius 1 is 1.23 bits per heavy atom. The fourth-order valence-corrected chi connectivity index (χ4v) is 3.71. The minimum atomic E-state index is 0.324. The third kappa shape index (κ3) is 3.63. The van der Waals surface area contributed by atoms with Crippen LogP contribution >= 0.6 is 0 Å². The van der Waals surface area contributed by atoms with E-state index in [0.717, 1.165) is 70.4 Å². The molecule has 4 heterocycles. The van der Waals surface area contributed by atoms with Crippen LogP contribution in [-0.4, -0.2) is 69.0 Å². The lowest BCUT2D eigenvalue weighted by molar-refractivity contribution is 0.0326. The first-order valence-electron chi connectivity index (χ1n) is 9.22. The maximum atomic E-state index is 5.81. The Bertz CT molecular complexity index is 742. The number of nitrogens with two attached hydrogens (primary N) is 1. The van der Waals surface area contributed by atoms with Crippen molar-refractivity contribution in [3.8, 4) is 0 Å². The van der Waals surface area contributed by atoms with Crippen LogP contribution in [0, 0.1) is 0 Å². The molecule has 2 aliphatic heterocycles. The molecule has 0 saturated carbocycles. The van der Waals surface area contributed by atoms with Gasteiger partial charge in [-0.3, -0.25) is 4.90 Å². The predicted molar refractivity (Wildman–Crippen MR) is 97.7 cm³/mol. The molecule has 9 nitrogen and oxygen atoms in total. The summed E-state index contributed by atoms with van der Waals surface area (Å²) >= 11 is 0. The van der Waals surface area contributed by atoms with Gasteiger partial charge in [-0.2, -0.15) is 4.98 Å². The molecule has 0 aliphatic carbocycles. The summed E-state index contributed by atoms with van der Waals surface area (Å²) in [5.74, 6) is 3.58. The van der Waals surface area contributed by atoms with E-state index in [1.807, 2.05) is 0 Å². The lowest BCUT2D eigenvalue weighted by Gasteiger charge is -2.32. The Hall–Kier alpha value is -2.26. The monoisotopic (exact) mass is 358 g/mol. The van der Waals surface area contributed by atoms with E-state index in [1.54, 1.807) is 12.3 Å². The Morgan fingerprint density at radius 2 is 2.08 bits per heavy atom. The molecule has 26 heavy (non-hydrogen) atoms. The molecule has 9 heteroatoms. The Morgan fingerprint density at radius 3 is 2.88 bits per heavy atom. The van der Waals surface area contributed by atoms with Crippen LogP contribution in [0.25, 0.3) is 0 Å². The standard InChI is InChI=1S/C17H26N8O/c1-23-15(12-24-7-9-26-10-8-24)21-22-16(23)13-3-2-6-25(11-13)17-19-5-4-14(18)20-17/h4-5,13H,2-3,6-12H2,1H3,(H2,18,19,20)/t13-/m0/s1. The summed E-state index contributed by atoms with van der Waals surface area (Å²) in [6.07, 6.45) is 3.89. The van der Waals surface area contributed by atoms with Crippen LogP contribution < -0.4 is 10.6 Å². The number of aromatic nitrogens is 5. The third-order valence-electron chi connectivity index (χ3n) is 5.20. The van der Waals surface area contributed by atoms with E-state index in [0.29, 0.717) is 17.7 Å². The number of hydrogen-bond acceptors (Lipinski definition) is 8. The molecule has 140 valence electrons. The molecule has 2 N–H and O–H groups in total. The summed E-state index contributed by atoms with van der Waals surface area (Å²) in [6.45, 7) is 6.09. The van der Waals surface area contributed by atoms with Crippen molar-refractivity contribution in [3.63, 3.8) is 0 Å². The Labute approximate surface area is 153 Å². The summed E-state index contributed by atoms with van der Waals surface area (Å²) in [5.41, 5.74) is 5.81. The first kappa shape index (κ1) is 17.2. The molecule has 0 amide bonds. The highest BCUT2D eigenvalue weighted by molar-refractivity contribution is 5.38. The first-order chi connectivity index (χ1) is 12.7. The van der Waals surface area contributed by atoms with Crippen LogP contribution in [0.1, 0.15) is 30.4 Å². The highest BCUT2D eigenvalue weighted by atomic mass is 16.5. The molecule has 1 atom stereocenters. The van der Waals surface area contributed by atoms with Gasteiger partial charge in [-0.15, -0.1) is 10.2 Å². The van der Waals surface area contributed by atoms with Crippen LogP contribution in [-0.2, 0) is 18.3 Å². The van der Waals surface area contributed by atoms with E-state index in [1.165, 1.54) is 0 Å². The fourth-order valence-electron chi connectivity index (χ4n) is 3.71. The van der Waals surface area contributed by atoms with Crippen molar-refractivity contribution in [2.24, 2.45) is 7.05 Å². The highest BCUT2D eigenvalue weighted by Gasteiger charge is 2.27. The summed E-state index contributed by atoms with van der Waals surface area (Å²) in [5, 5.41) is 8.97. The molecule has 4 rings (SSSR count). The quantitative estimate of drug-likeness (QED) is 0.839. The van der Waals surface area contributed by atoms with Gasteiger partial charge in [-0.05, 0) is 18.9 Å². The molecule has 0 spiro atoms. The van der Waals surface area contributed by atoms with Gasteiger partial charge in [0.2, 0.25) is 5.95 Å². The lowest BCUT2D eigenvalue weighted by Crippen LogP contribution is -2.37. The summed E-state index contributed by atoms with van der Waals surface area (Å²) in [6, 6.07) is 1.71. The average Bonchev–Trinajstić information content (AvgIpc) is 3.03. The molecule has 2 aromatic rings. The van der Waals surface area contributed by atoms with Gasteiger partial charge in [0, 0.05) is 45.3 Å². The largest absolute Gasteiger partial charge is 0.384 e. The van der Waals surface area contributed by atoms with Crippen molar-refractivity contribution >= 4 is 11.8 Å². The minimum absolute atomic E-state index is 0.324. The molecule has 0 aromatic carbocycles. The number of nitrogens with zero attached hydrogens (tertiary/aromatic N) is 7. The van der Waals surface area contributed by atoms with E-state index >= 15 is 0 Å². The van der Waals surface area contributed by atoms with Crippen LogP contribution in [0.4, 0.5) is 11.8 Å². The van der Waals surface area contributed by atoms with Gasteiger partial charge in [0.05, 0.1) is 19.8 Å². The van der Waals surface area contributed by atoms with Gasteiger partial charge in [-0.25, -0.2) is 4.98 Å². The van der Waals surface area contributed by atoms with Gasteiger partial charge in [0.15, 0.2) is 0 Å². The highest BCUT2D eigenvalue weighted by Crippen LogP contribution is 2.28. The van der Waals surface area contributed by atoms with Crippen molar-refractivity contribution in [1.82, 2.24) is 29.6 Å². The number of piperidine rings is 1. The van der Waals surface area contributed by atoms with Gasteiger partial charge in [-0.1, -0.05) is 0 Å². The maximum Gasteiger partial charge on any atom is 0.227 e. The number of ether oxygens (including phenoxy) is 1. The van der Waals surface area contributed by atoms with Crippen LogP contribution in [0.15, 0.2) is 12.3 Å². The van der Waals surface area contributed by atoms with E-state index in [-0.39, 0.29) is 0 Å². The van der Waals surface area contributed by atoms with E-state index in [4.69, 9.17) is 10.5 Å². The smallest absolute Gasteiger partial charge is 0.227 e. The van der Waals surface area contributed by atoms with Gasteiger partial charge in [0.1, 0.15) is 17.5 Å². The molecule has 2 saturated heterocycles. The van der Waals surface area contributed by atoms with Crippen LogP contribution in [0.3, 0.4) is 0 Å². The van der Waals surface area contributed by atoms with Crippen LogP contribution in [0.2, 0.25) is 0 Å². The lowest BCUT2D eigenvalue weighted by atomic mass is 9.97. The third-order valence-corrected chi connectivity index (χ3v) is 5.20. The number of rotatable bonds is 4. The van der Waals surface area contributed by atoms with Crippen molar-refractivity contribution < 1.29 is 4.74 Å². The van der Waals surface area contributed by atoms with Gasteiger partial charge < -0.3 is 19.9 Å². The number of nitrogen functional groups attached to an aromatic ring is 1. The normalized spacial score (nSPS) is 21.9. The predicted octanol–water partition coefficient (Wildman–Crippen LogP) is 0.404. The maximum absolute atomic E-state index is 5.81. The van der Waals surface area contributed by atoms with Crippen molar-refractivity contribution in [2.45, 2.75) is 25.3 Å². The topological polar surface area (TPSA) is 98.2 Å². The molecule has 2 aromatic heterocycles. The Kier molecular flexibility index (Phi) is 4.98. The second-order valence-corrected chi connectivity index (χ2v) is 6.99. The van der Waals surface area contributed by atoms with E-state index < -0.39 is 0 Å². The summed E-state index contributed by atoms with van der Waals surface area (Å²) < 4.78 is 7.58. The van der Waals surface area contributed by atoms with Crippen molar-refractivity contribution in [3.05, 3.63) is 23.9 Å². The fraction of sp³-hybridized carbons (Fsp3) is 0.647. The summed E-state index contributed by atoms with van der Waals surface area (Å²) in [4.78, 5) is 13.3. The Balaban J connectivity index is 1.46. The van der Waals surface area contributed by atoms with E-state index in [2.05, 4.69) is 41.6 Å². The van der Waals surface area contributed by atoms with Crippen LogP contribution in [0.5, 0.6) is 0 Å². The molecule has 0 radical (unpaired) electrons. The molecule has 0 unspecified atom stereocenters. The zero-order valence-electron chi connectivity index (χ0n) is 15.2. The molecule has 0 bridgehead atoms. The van der Waals surface area contributed by atoms with Crippen molar-refractivity contribution in [1.29, 1.82) is 0 Å². The number of anilines is 2. The molecular formula is C17H26N8O. The first-order valence-corrected chi connectivity index (χ1v) is 9.22. The SMILES string of the molecule is Cn1c(CN2CCOCC2)nnc1[C@H]1CCCN(c2nccc(N)n2)C1. The minimum Gasteiger partial charge on any atom is -0.384 e. The second-order valence-electron chi connectivity index (χ2n) is 6.99. The molecular weight excluding hydrogens is 332 g/mol. The average molecular weight is 358 g/mol. The zero-order chi connectivity index (χ0) is 17.9. The zero-order valence-corrected chi connectivity index (χ0v) is 15.2. The van der Waals surface area contributed by atoms with E-state index in [9.17, 15) is 0 Å². The second kappa shape index (κ2) is 7.55. The molecule has 2 fully saturated rings. The number of morpholine rings is 1. The number of hydrogen-bond donors (Lipinski definition) is 1. The summed E-state index contributed by atoms with van der Waals surface area (Å²) in [7, 11) is 2.07. The van der Waals surface area contributed by atoms with Crippen molar-refractivity contribution in [2.75, 3.05) is 50.0 Å².